The van der Waals surface area contributed by atoms with Crippen LogP contribution in [0.4, 0.5) is 4.79 Å². The molecule has 1 heterocycles. The summed E-state index contributed by atoms with van der Waals surface area (Å²) in [5.74, 6) is 1.20. The second-order valence-corrected chi connectivity index (χ2v) is 9.34. The first-order valence-corrected chi connectivity index (χ1v) is 9.94. The van der Waals surface area contributed by atoms with Crippen molar-refractivity contribution in [1.29, 1.82) is 0 Å². The summed E-state index contributed by atoms with van der Waals surface area (Å²) >= 11 is 0. The van der Waals surface area contributed by atoms with Crippen LogP contribution in [0.3, 0.4) is 0 Å². The van der Waals surface area contributed by atoms with Gasteiger partial charge in [0.05, 0.1) is 6.10 Å². The van der Waals surface area contributed by atoms with Gasteiger partial charge in [-0.3, -0.25) is 4.99 Å². The molecule has 1 amide bonds. The molecule has 0 bridgehead atoms. The first-order valence-electron chi connectivity index (χ1n) is 9.94. The van der Waals surface area contributed by atoms with Gasteiger partial charge in [0.1, 0.15) is 5.60 Å². The Labute approximate surface area is 188 Å². The predicted molar refractivity (Wildman–Crippen MR) is 126 cm³/mol. The van der Waals surface area contributed by atoms with Gasteiger partial charge in [0.25, 0.3) is 0 Å². The Balaban J connectivity index is 0.00000729. The highest BCUT2D eigenvalue weighted by Gasteiger charge is 2.35. The van der Waals surface area contributed by atoms with Crippen LogP contribution < -0.4 is 10.6 Å². The average molecular weight is 512 g/mol. The van der Waals surface area contributed by atoms with E-state index in [1.54, 1.807) is 19.0 Å². The minimum absolute atomic E-state index is 0. The highest BCUT2D eigenvalue weighted by Crippen LogP contribution is 2.33. The third-order valence-electron chi connectivity index (χ3n) is 4.50. The average Bonchev–Trinajstić information content (AvgIpc) is 2.55. The monoisotopic (exact) mass is 512 g/mol. The van der Waals surface area contributed by atoms with Crippen molar-refractivity contribution in [2.45, 2.75) is 66.1 Å². The Bertz CT molecular complexity index is 501. The molecular weight excluding hydrogens is 471 g/mol. The summed E-state index contributed by atoms with van der Waals surface area (Å²) < 4.78 is 11.4. The van der Waals surface area contributed by atoms with E-state index in [9.17, 15) is 4.79 Å². The summed E-state index contributed by atoms with van der Waals surface area (Å²) in [6, 6.07) is 0. The molecule has 166 valence electrons. The highest BCUT2D eigenvalue weighted by molar-refractivity contribution is 14.0. The van der Waals surface area contributed by atoms with Crippen LogP contribution in [0.5, 0.6) is 0 Å². The number of aliphatic imine (C=N–C) groups is 1. The quantitative estimate of drug-likeness (QED) is 0.335. The lowest BCUT2D eigenvalue weighted by atomic mass is 9.78. The zero-order valence-corrected chi connectivity index (χ0v) is 21.3. The smallest absolute Gasteiger partial charge is 0.410 e. The maximum absolute atomic E-state index is 12.0. The largest absolute Gasteiger partial charge is 0.444 e. The Morgan fingerprint density at radius 1 is 1.21 bits per heavy atom. The molecule has 2 atom stereocenters. The number of guanidine groups is 1. The van der Waals surface area contributed by atoms with Gasteiger partial charge in [0.15, 0.2) is 5.96 Å². The first-order chi connectivity index (χ1) is 12.4. The molecule has 0 radical (unpaired) electrons. The summed E-state index contributed by atoms with van der Waals surface area (Å²) in [4.78, 5) is 17.8. The second-order valence-electron chi connectivity index (χ2n) is 9.34. The van der Waals surface area contributed by atoms with Crippen LogP contribution in [0.25, 0.3) is 0 Å². The van der Waals surface area contributed by atoms with Gasteiger partial charge < -0.3 is 25.0 Å². The predicted octanol–water partition coefficient (Wildman–Crippen LogP) is 3.48. The van der Waals surface area contributed by atoms with Crippen molar-refractivity contribution in [3.8, 4) is 0 Å². The lowest BCUT2D eigenvalue weighted by molar-refractivity contribution is -0.0835. The first kappa shape index (κ1) is 27.2. The van der Waals surface area contributed by atoms with Gasteiger partial charge in [-0.15, -0.1) is 24.0 Å². The van der Waals surface area contributed by atoms with Gasteiger partial charge >= 0.3 is 6.09 Å². The van der Waals surface area contributed by atoms with Gasteiger partial charge in [0, 0.05) is 46.3 Å². The molecule has 0 aliphatic carbocycles. The molecule has 0 aromatic carbocycles. The number of hydrogen-bond donors (Lipinski definition) is 2. The zero-order chi connectivity index (χ0) is 20.7. The van der Waals surface area contributed by atoms with Gasteiger partial charge in [0.2, 0.25) is 0 Å². The van der Waals surface area contributed by atoms with E-state index < -0.39 is 5.60 Å². The van der Waals surface area contributed by atoms with Crippen LogP contribution in [0.15, 0.2) is 4.99 Å². The Morgan fingerprint density at radius 2 is 1.86 bits per heavy atom. The van der Waals surface area contributed by atoms with Gasteiger partial charge in [-0.2, -0.15) is 0 Å². The van der Waals surface area contributed by atoms with Crippen LogP contribution in [0.2, 0.25) is 0 Å². The van der Waals surface area contributed by atoms with E-state index in [-0.39, 0.29) is 41.6 Å². The summed E-state index contributed by atoms with van der Waals surface area (Å²) in [6.45, 7) is 15.1. The molecular formula is C20H41IN4O3. The third-order valence-corrected chi connectivity index (χ3v) is 4.50. The fourth-order valence-electron chi connectivity index (χ4n) is 3.23. The molecule has 28 heavy (non-hydrogen) atoms. The number of carbonyl (C=O) groups is 1. The molecule has 2 unspecified atom stereocenters. The zero-order valence-electron chi connectivity index (χ0n) is 18.9. The third kappa shape index (κ3) is 10.1. The minimum atomic E-state index is -0.484. The van der Waals surface area contributed by atoms with Crippen LogP contribution in [0.1, 0.15) is 54.4 Å². The number of halogens is 1. The Hall–Kier alpha value is -0.770. The molecule has 1 rings (SSSR count). The molecule has 0 aromatic rings. The number of hydrogen-bond acceptors (Lipinski definition) is 4. The maximum Gasteiger partial charge on any atom is 0.410 e. The van der Waals surface area contributed by atoms with E-state index in [1.807, 2.05) is 20.8 Å². The minimum Gasteiger partial charge on any atom is -0.444 e. The molecule has 7 nitrogen and oxygen atoms in total. The molecule has 1 saturated heterocycles. The van der Waals surface area contributed by atoms with Crippen LogP contribution in [0, 0.1) is 11.3 Å². The van der Waals surface area contributed by atoms with E-state index >= 15 is 0 Å². The van der Waals surface area contributed by atoms with Crippen molar-refractivity contribution in [3.05, 3.63) is 0 Å². The number of carbonyl (C=O) groups excluding carboxylic acids is 1. The number of amides is 1. The van der Waals surface area contributed by atoms with E-state index in [4.69, 9.17) is 9.47 Å². The SMILES string of the molecule is CN=C(NCCN(C)C(=O)OC(C)(C)C)NCC1CCCOC1C(C)(C)C.I. The van der Waals surface area contributed by atoms with E-state index in [1.165, 1.54) is 0 Å². The molecule has 0 saturated carbocycles. The Kier molecular flexibility index (Phi) is 11.7. The van der Waals surface area contributed by atoms with Crippen LogP contribution >= 0.6 is 24.0 Å². The molecule has 0 aromatic heterocycles. The highest BCUT2D eigenvalue weighted by atomic mass is 127. The summed E-state index contributed by atoms with van der Waals surface area (Å²) in [5.41, 5.74) is -0.359. The van der Waals surface area contributed by atoms with Crippen molar-refractivity contribution in [3.63, 3.8) is 0 Å². The fourth-order valence-corrected chi connectivity index (χ4v) is 3.23. The summed E-state index contributed by atoms with van der Waals surface area (Å²) in [7, 11) is 3.49. The lowest BCUT2D eigenvalue weighted by Crippen LogP contribution is -2.48. The van der Waals surface area contributed by atoms with E-state index in [0.29, 0.717) is 19.0 Å². The maximum atomic E-state index is 12.0. The topological polar surface area (TPSA) is 75.2 Å². The van der Waals surface area contributed by atoms with E-state index in [2.05, 4.69) is 36.4 Å². The van der Waals surface area contributed by atoms with Crippen molar-refractivity contribution in [1.82, 2.24) is 15.5 Å². The van der Waals surface area contributed by atoms with Gasteiger partial charge in [-0.05, 0) is 39.0 Å². The van der Waals surface area contributed by atoms with Crippen molar-refractivity contribution in [2.24, 2.45) is 16.3 Å². The standard InChI is InChI=1S/C20H40N4O3.HI/c1-19(2,3)16-15(10-9-13-26-16)14-23-17(21-7)22-11-12-24(8)18(25)27-20(4,5)6;/h15-16H,9-14H2,1-8H3,(H2,21,22,23);1H. The molecule has 0 spiro atoms. The van der Waals surface area contributed by atoms with Crippen molar-refractivity contribution in [2.75, 3.05) is 40.3 Å². The van der Waals surface area contributed by atoms with Gasteiger partial charge in [-0.1, -0.05) is 20.8 Å². The Morgan fingerprint density at radius 3 is 2.39 bits per heavy atom. The van der Waals surface area contributed by atoms with E-state index in [0.717, 1.165) is 32.0 Å². The number of nitrogens with one attached hydrogen (secondary N) is 2. The molecule has 2 N–H and O–H groups in total. The summed E-state index contributed by atoms with van der Waals surface area (Å²) in [6.07, 6.45) is 2.19. The number of ether oxygens (including phenoxy) is 2. The molecule has 1 aliphatic rings. The van der Waals surface area contributed by atoms with Crippen molar-refractivity contribution >= 4 is 36.0 Å². The molecule has 8 heteroatoms. The van der Waals surface area contributed by atoms with Crippen LogP contribution in [-0.2, 0) is 9.47 Å². The lowest BCUT2D eigenvalue weighted by Gasteiger charge is -2.40. The number of likely N-dealkylation sites (N-methyl/N-ethyl adjacent to an activating group) is 1. The fraction of sp³-hybridized carbons (Fsp3) is 0.900. The molecule has 1 aliphatic heterocycles. The van der Waals surface area contributed by atoms with Crippen LogP contribution in [-0.4, -0.2) is 69.0 Å². The number of rotatable bonds is 5. The molecule has 1 fully saturated rings. The normalized spacial score (nSPS) is 20.8. The van der Waals surface area contributed by atoms with Gasteiger partial charge in [-0.25, -0.2) is 4.79 Å². The van der Waals surface area contributed by atoms with Crippen molar-refractivity contribution < 1.29 is 14.3 Å². The number of nitrogens with zero attached hydrogens (tertiary/aromatic N) is 2. The second kappa shape index (κ2) is 12.0. The summed E-state index contributed by atoms with van der Waals surface area (Å²) in [5, 5.41) is 6.67.